The first kappa shape index (κ1) is 14.7. The summed E-state index contributed by atoms with van der Waals surface area (Å²) in [5.74, 6) is 0.420. The Labute approximate surface area is 118 Å². The number of anilines is 3. The lowest BCUT2D eigenvalue weighted by Gasteiger charge is -2.12. The Morgan fingerprint density at radius 2 is 2.05 bits per heavy atom. The van der Waals surface area contributed by atoms with Crippen molar-refractivity contribution >= 4 is 17.2 Å². The highest BCUT2D eigenvalue weighted by molar-refractivity contribution is 5.74. The van der Waals surface area contributed by atoms with Crippen LogP contribution in [0.2, 0.25) is 0 Å². The topological polar surface area (TPSA) is 79.7 Å². The minimum Gasteiger partial charge on any atom is -0.394 e. The molecule has 0 aliphatic carbocycles. The number of benzene rings is 1. The molecule has 0 unspecified atom stereocenters. The van der Waals surface area contributed by atoms with Crippen LogP contribution in [0.1, 0.15) is 16.8 Å². The van der Waals surface area contributed by atoms with E-state index in [1.165, 1.54) is 10.7 Å². The Balaban J connectivity index is 2.44. The van der Waals surface area contributed by atoms with E-state index in [1.807, 2.05) is 0 Å². The third kappa shape index (κ3) is 2.76. The molecule has 0 saturated heterocycles. The average Bonchev–Trinajstić information content (AvgIpc) is 2.64. The molecule has 0 fully saturated rings. The predicted molar refractivity (Wildman–Crippen MR) is 71.8 cm³/mol. The van der Waals surface area contributed by atoms with E-state index in [9.17, 15) is 13.2 Å². The number of nitrogens with zero attached hydrogens (tertiary/aromatic N) is 3. The summed E-state index contributed by atoms with van der Waals surface area (Å²) in [5.41, 5.74) is 6.04. The summed E-state index contributed by atoms with van der Waals surface area (Å²) in [7, 11) is 1.64. The molecular weight excluding hydrogens is 283 g/mol. The number of hydrogen-bond acceptors (Lipinski definition) is 4. The number of nitrogens with two attached hydrogens (primary N) is 1. The van der Waals surface area contributed by atoms with E-state index >= 15 is 0 Å². The van der Waals surface area contributed by atoms with E-state index < -0.39 is 11.7 Å². The van der Waals surface area contributed by atoms with Crippen LogP contribution >= 0.6 is 0 Å². The zero-order valence-corrected chi connectivity index (χ0v) is 11.3. The van der Waals surface area contributed by atoms with E-state index in [-0.39, 0.29) is 11.3 Å². The lowest BCUT2D eigenvalue weighted by molar-refractivity contribution is -0.137. The summed E-state index contributed by atoms with van der Waals surface area (Å²) < 4.78 is 39.4. The van der Waals surface area contributed by atoms with Gasteiger partial charge in [-0.25, -0.2) is 0 Å². The molecule has 2 rings (SSSR count). The van der Waals surface area contributed by atoms with Crippen LogP contribution in [-0.2, 0) is 13.2 Å². The smallest absolute Gasteiger partial charge is 0.394 e. The lowest BCUT2D eigenvalue weighted by atomic mass is 10.1. The first-order valence-electron chi connectivity index (χ1n) is 5.91. The quantitative estimate of drug-likeness (QED) is 0.892. The van der Waals surface area contributed by atoms with Gasteiger partial charge in [0.15, 0.2) is 5.82 Å². The van der Waals surface area contributed by atoms with Crippen LogP contribution < -0.4 is 11.1 Å². The SMILES string of the molecule is Cc1nn(C)c(Nc2ccc(C(F)(F)F)cc2C#N)c1N. The number of hydrogen-bond donors (Lipinski definition) is 2. The van der Waals surface area contributed by atoms with Crippen molar-refractivity contribution in [3.05, 3.63) is 35.0 Å². The molecule has 0 bridgehead atoms. The maximum absolute atomic E-state index is 12.6. The zero-order chi connectivity index (χ0) is 15.8. The summed E-state index contributed by atoms with van der Waals surface area (Å²) in [4.78, 5) is 0. The largest absolute Gasteiger partial charge is 0.416 e. The van der Waals surface area contributed by atoms with Gasteiger partial charge in [-0.1, -0.05) is 0 Å². The molecule has 1 heterocycles. The van der Waals surface area contributed by atoms with Crippen LogP contribution in [-0.4, -0.2) is 9.78 Å². The molecule has 0 radical (unpaired) electrons. The summed E-state index contributed by atoms with van der Waals surface area (Å²) >= 11 is 0. The minimum atomic E-state index is -4.49. The van der Waals surface area contributed by atoms with Crippen molar-refractivity contribution in [3.8, 4) is 6.07 Å². The van der Waals surface area contributed by atoms with Gasteiger partial charge in [0, 0.05) is 7.05 Å². The van der Waals surface area contributed by atoms with Crippen molar-refractivity contribution < 1.29 is 13.2 Å². The zero-order valence-electron chi connectivity index (χ0n) is 11.3. The number of nitrogen functional groups attached to an aromatic ring is 1. The van der Waals surface area contributed by atoms with Gasteiger partial charge in [-0.2, -0.15) is 23.5 Å². The fraction of sp³-hybridized carbons (Fsp3) is 0.231. The molecule has 0 aliphatic heterocycles. The van der Waals surface area contributed by atoms with Gasteiger partial charge in [0.25, 0.3) is 0 Å². The molecule has 0 amide bonds. The molecule has 110 valence electrons. The van der Waals surface area contributed by atoms with Gasteiger partial charge in [0.2, 0.25) is 0 Å². The maximum atomic E-state index is 12.6. The number of nitriles is 1. The average molecular weight is 295 g/mol. The van der Waals surface area contributed by atoms with Crippen LogP contribution in [0.4, 0.5) is 30.4 Å². The van der Waals surface area contributed by atoms with E-state index in [0.29, 0.717) is 17.2 Å². The highest BCUT2D eigenvalue weighted by Crippen LogP contribution is 2.33. The fourth-order valence-corrected chi connectivity index (χ4v) is 1.87. The van der Waals surface area contributed by atoms with Crippen molar-refractivity contribution in [1.29, 1.82) is 5.26 Å². The number of alkyl halides is 3. The molecule has 5 nitrogen and oxygen atoms in total. The molecule has 0 aliphatic rings. The molecule has 1 aromatic carbocycles. The molecule has 2 aromatic rings. The summed E-state index contributed by atoms with van der Waals surface area (Å²) in [5, 5.41) is 15.9. The van der Waals surface area contributed by atoms with Crippen molar-refractivity contribution in [2.45, 2.75) is 13.1 Å². The second kappa shape index (κ2) is 5.01. The molecule has 3 N–H and O–H groups in total. The highest BCUT2D eigenvalue weighted by Gasteiger charge is 2.31. The van der Waals surface area contributed by atoms with Crippen LogP contribution in [0.25, 0.3) is 0 Å². The standard InChI is InChI=1S/C13H12F3N5/c1-7-11(18)12(21(2)20-7)19-10-4-3-9(13(14,15)16)5-8(10)6-17/h3-5,19H,18H2,1-2H3. The summed E-state index contributed by atoms with van der Waals surface area (Å²) in [6.07, 6.45) is -4.49. The molecule has 1 aromatic heterocycles. The van der Waals surface area contributed by atoms with E-state index in [2.05, 4.69) is 10.4 Å². The molecule has 8 heteroatoms. The Morgan fingerprint density at radius 1 is 1.38 bits per heavy atom. The first-order chi connectivity index (χ1) is 9.74. The first-order valence-corrected chi connectivity index (χ1v) is 5.91. The van der Waals surface area contributed by atoms with E-state index in [4.69, 9.17) is 11.0 Å². The van der Waals surface area contributed by atoms with Crippen LogP contribution in [0, 0.1) is 18.3 Å². The monoisotopic (exact) mass is 295 g/mol. The highest BCUT2D eigenvalue weighted by atomic mass is 19.4. The van der Waals surface area contributed by atoms with Gasteiger partial charge in [0.1, 0.15) is 6.07 Å². The predicted octanol–water partition coefficient (Wildman–Crippen LogP) is 2.94. The van der Waals surface area contributed by atoms with Crippen LogP contribution in [0.5, 0.6) is 0 Å². The number of nitrogens with one attached hydrogen (secondary N) is 1. The number of aryl methyl sites for hydroxylation is 2. The second-order valence-corrected chi connectivity index (χ2v) is 4.47. The van der Waals surface area contributed by atoms with Crippen LogP contribution in [0.3, 0.4) is 0 Å². The van der Waals surface area contributed by atoms with Gasteiger partial charge in [-0.15, -0.1) is 0 Å². The van der Waals surface area contributed by atoms with Crippen molar-refractivity contribution in [2.24, 2.45) is 7.05 Å². The molecular formula is C13H12F3N5. The number of halogens is 3. The minimum absolute atomic E-state index is 0.122. The molecule has 0 atom stereocenters. The van der Waals surface area contributed by atoms with E-state index in [1.54, 1.807) is 20.0 Å². The summed E-state index contributed by atoms with van der Waals surface area (Å²) in [6, 6.07) is 4.64. The Bertz CT molecular complexity index is 725. The maximum Gasteiger partial charge on any atom is 0.416 e. The van der Waals surface area contributed by atoms with Crippen molar-refractivity contribution in [2.75, 3.05) is 11.1 Å². The van der Waals surface area contributed by atoms with Crippen molar-refractivity contribution in [3.63, 3.8) is 0 Å². The van der Waals surface area contributed by atoms with Gasteiger partial charge in [-0.05, 0) is 25.1 Å². The Hall–Kier alpha value is -2.69. The second-order valence-electron chi connectivity index (χ2n) is 4.47. The Kier molecular flexibility index (Phi) is 3.51. The van der Waals surface area contributed by atoms with Gasteiger partial charge in [0.05, 0.1) is 28.2 Å². The van der Waals surface area contributed by atoms with Gasteiger partial charge < -0.3 is 11.1 Å². The third-order valence-electron chi connectivity index (χ3n) is 2.99. The summed E-state index contributed by atoms with van der Waals surface area (Å²) in [6.45, 7) is 1.71. The van der Waals surface area contributed by atoms with Gasteiger partial charge >= 0.3 is 6.18 Å². The number of aromatic nitrogens is 2. The third-order valence-corrected chi connectivity index (χ3v) is 2.99. The van der Waals surface area contributed by atoms with Crippen LogP contribution in [0.15, 0.2) is 18.2 Å². The number of rotatable bonds is 2. The molecule has 0 spiro atoms. The van der Waals surface area contributed by atoms with Gasteiger partial charge in [-0.3, -0.25) is 4.68 Å². The molecule has 21 heavy (non-hydrogen) atoms. The fourth-order valence-electron chi connectivity index (χ4n) is 1.87. The lowest BCUT2D eigenvalue weighted by Crippen LogP contribution is -2.07. The van der Waals surface area contributed by atoms with Crippen molar-refractivity contribution in [1.82, 2.24) is 9.78 Å². The molecule has 0 saturated carbocycles. The Morgan fingerprint density at radius 3 is 2.52 bits per heavy atom. The normalized spacial score (nSPS) is 11.2. The van der Waals surface area contributed by atoms with E-state index in [0.717, 1.165) is 12.1 Å².